The van der Waals surface area contributed by atoms with Crippen molar-refractivity contribution in [3.63, 3.8) is 0 Å². The van der Waals surface area contributed by atoms with Gasteiger partial charge in [-0.3, -0.25) is 4.90 Å². The van der Waals surface area contributed by atoms with E-state index in [1.165, 1.54) is 0 Å². The van der Waals surface area contributed by atoms with E-state index in [2.05, 4.69) is 0 Å². The van der Waals surface area contributed by atoms with Gasteiger partial charge in [-0.1, -0.05) is 42.5 Å². The second-order valence-electron chi connectivity index (χ2n) is 7.26. The lowest BCUT2D eigenvalue weighted by Gasteiger charge is -2.28. The van der Waals surface area contributed by atoms with Gasteiger partial charge in [0.1, 0.15) is 11.4 Å². The van der Waals surface area contributed by atoms with Crippen LogP contribution >= 0.6 is 0 Å². The first-order valence-electron chi connectivity index (χ1n) is 8.72. The second kappa shape index (κ2) is 8.72. The summed E-state index contributed by atoms with van der Waals surface area (Å²) in [6, 6.07) is 14.7. The van der Waals surface area contributed by atoms with Gasteiger partial charge < -0.3 is 14.9 Å². The monoisotopic (exact) mass is 357 g/mol. The van der Waals surface area contributed by atoms with E-state index in [1.807, 2.05) is 51.1 Å². The predicted octanol–water partition coefficient (Wildman–Crippen LogP) is 3.86. The van der Waals surface area contributed by atoms with Crippen LogP contribution < -0.4 is 0 Å². The number of amides is 1. The van der Waals surface area contributed by atoms with Crippen LogP contribution in [0.1, 0.15) is 37.5 Å². The number of para-hydroxylation sites is 1. The number of phenolic OH excluding ortho intramolecular Hbond substituents is 1. The summed E-state index contributed by atoms with van der Waals surface area (Å²) in [7, 11) is 0. The van der Waals surface area contributed by atoms with Crippen molar-refractivity contribution in [3.05, 3.63) is 65.2 Å². The molecule has 0 aliphatic carbocycles. The number of hydrogen-bond donors (Lipinski definition) is 2. The van der Waals surface area contributed by atoms with Gasteiger partial charge in [-0.15, -0.1) is 0 Å². The lowest BCUT2D eigenvalue weighted by Crippen LogP contribution is -2.36. The molecule has 0 unspecified atom stereocenters. The molecule has 2 aromatic carbocycles. The summed E-state index contributed by atoms with van der Waals surface area (Å²) in [4.78, 5) is 14.2. The Bertz CT molecular complexity index is 737. The van der Waals surface area contributed by atoms with Gasteiger partial charge in [-0.25, -0.2) is 4.79 Å². The number of nitrogens with zero attached hydrogens (tertiary/aromatic N) is 1. The van der Waals surface area contributed by atoms with Gasteiger partial charge in [0.2, 0.25) is 0 Å². The average molecular weight is 357 g/mol. The maximum atomic E-state index is 12.7. The number of carbonyl (C=O) groups excluding carboxylic acids is 1. The number of rotatable bonds is 6. The van der Waals surface area contributed by atoms with Crippen LogP contribution in [0, 0.1) is 0 Å². The normalized spacial score (nSPS) is 11.2. The molecule has 0 fully saturated rings. The summed E-state index contributed by atoms with van der Waals surface area (Å²) in [5, 5.41) is 19.2. The van der Waals surface area contributed by atoms with Crippen LogP contribution in [0.15, 0.2) is 48.5 Å². The standard InChI is InChI=1S/C21H27NO4/c1-21(2,3)26-20(25)22(15-18-9-4-5-10-19(18)24)14-17-8-6-7-16(13-17)11-12-23/h4-10,13,23-24H,11-12,14-15H2,1-3H3. The van der Waals surface area contributed by atoms with Crippen molar-refractivity contribution in [2.75, 3.05) is 6.61 Å². The van der Waals surface area contributed by atoms with Crippen molar-refractivity contribution in [2.45, 2.75) is 45.9 Å². The zero-order valence-electron chi connectivity index (χ0n) is 15.6. The van der Waals surface area contributed by atoms with Crippen LogP contribution in [0.3, 0.4) is 0 Å². The second-order valence-corrected chi connectivity index (χ2v) is 7.26. The van der Waals surface area contributed by atoms with E-state index in [9.17, 15) is 9.90 Å². The quantitative estimate of drug-likeness (QED) is 0.823. The Kier molecular flexibility index (Phi) is 6.64. The smallest absolute Gasteiger partial charge is 0.410 e. The van der Waals surface area contributed by atoms with Gasteiger partial charge in [-0.2, -0.15) is 0 Å². The number of phenols is 1. The highest BCUT2D eigenvalue weighted by molar-refractivity contribution is 5.68. The van der Waals surface area contributed by atoms with Gasteiger partial charge in [0, 0.05) is 18.7 Å². The highest BCUT2D eigenvalue weighted by atomic mass is 16.6. The minimum atomic E-state index is -0.604. The zero-order chi connectivity index (χ0) is 19.2. The largest absolute Gasteiger partial charge is 0.508 e. The minimum absolute atomic E-state index is 0.0805. The van der Waals surface area contributed by atoms with E-state index in [4.69, 9.17) is 9.84 Å². The van der Waals surface area contributed by atoms with E-state index in [1.54, 1.807) is 23.1 Å². The predicted molar refractivity (Wildman–Crippen MR) is 101 cm³/mol. The molecule has 0 aliphatic rings. The molecule has 0 saturated carbocycles. The summed E-state index contributed by atoms with van der Waals surface area (Å²) in [5.74, 6) is 0.148. The molecule has 5 heteroatoms. The summed E-state index contributed by atoms with van der Waals surface area (Å²) < 4.78 is 5.53. The van der Waals surface area contributed by atoms with E-state index in [0.29, 0.717) is 18.5 Å². The van der Waals surface area contributed by atoms with Gasteiger partial charge in [0.05, 0.1) is 6.54 Å². The fourth-order valence-corrected chi connectivity index (χ4v) is 2.59. The average Bonchev–Trinajstić information content (AvgIpc) is 2.55. The fraction of sp³-hybridized carbons (Fsp3) is 0.381. The summed E-state index contributed by atoms with van der Waals surface area (Å²) in [5.41, 5.74) is 2.01. The molecule has 0 radical (unpaired) electrons. The third kappa shape index (κ3) is 6.08. The Labute approximate surface area is 154 Å². The molecule has 0 aliphatic heterocycles. The van der Waals surface area contributed by atoms with Gasteiger partial charge in [0.25, 0.3) is 0 Å². The van der Waals surface area contributed by atoms with Crippen LogP contribution in [0.2, 0.25) is 0 Å². The minimum Gasteiger partial charge on any atom is -0.508 e. The Morgan fingerprint density at radius 3 is 2.38 bits per heavy atom. The summed E-state index contributed by atoms with van der Waals surface area (Å²) in [6.45, 7) is 6.15. The number of aromatic hydroxyl groups is 1. The number of benzene rings is 2. The highest BCUT2D eigenvalue weighted by Gasteiger charge is 2.23. The van der Waals surface area contributed by atoms with E-state index >= 15 is 0 Å². The molecule has 0 aromatic heterocycles. The molecular formula is C21H27NO4. The number of carbonyl (C=O) groups is 1. The molecule has 2 aromatic rings. The summed E-state index contributed by atoms with van der Waals surface area (Å²) in [6.07, 6.45) is 0.132. The molecule has 26 heavy (non-hydrogen) atoms. The molecule has 2 rings (SSSR count). The van der Waals surface area contributed by atoms with Gasteiger partial charge in [0.15, 0.2) is 0 Å². The fourth-order valence-electron chi connectivity index (χ4n) is 2.59. The Balaban J connectivity index is 2.23. The van der Waals surface area contributed by atoms with Crippen molar-refractivity contribution in [2.24, 2.45) is 0 Å². The molecular weight excluding hydrogens is 330 g/mol. The van der Waals surface area contributed by atoms with Crippen LogP contribution in [-0.4, -0.2) is 33.4 Å². The van der Waals surface area contributed by atoms with Gasteiger partial charge >= 0.3 is 6.09 Å². The molecule has 5 nitrogen and oxygen atoms in total. The first-order valence-corrected chi connectivity index (χ1v) is 8.72. The van der Waals surface area contributed by atoms with Crippen LogP contribution in [0.25, 0.3) is 0 Å². The number of aliphatic hydroxyl groups is 1. The third-order valence-corrected chi connectivity index (χ3v) is 3.77. The Hall–Kier alpha value is -2.53. The lowest BCUT2D eigenvalue weighted by atomic mass is 10.1. The zero-order valence-corrected chi connectivity index (χ0v) is 15.6. The van der Waals surface area contributed by atoms with Crippen LogP contribution in [-0.2, 0) is 24.2 Å². The van der Waals surface area contributed by atoms with Crippen molar-refractivity contribution in [1.29, 1.82) is 0 Å². The van der Waals surface area contributed by atoms with Crippen LogP contribution in [0.4, 0.5) is 4.79 Å². The first kappa shape index (κ1) is 19.8. The first-order chi connectivity index (χ1) is 12.3. The SMILES string of the molecule is CC(C)(C)OC(=O)N(Cc1cccc(CCO)c1)Cc1ccccc1O. The van der Waals surface area contributed by atoms with E-state index < -0.39 is 11.7 Å². The number of hydrogen-bond acceptors (Lipinski definition) is 4. The molecule has 0 bridgehead atoms. The van der Waals surface area contributed by atoms with Crippen molar-refractivity contribution in [3.8, 4) is 5.75 Å². The van der Waals surface area contributed by atoms with Crippen molar-refractivity contribution >= 4 is 6.09 Å². The Morgan fingerprint density at radius 2 is 1.73 bits per heavy atom. The maximum Gasteiger partial charge on any atom is 0.410 e. The van der Waals surface area contributed by atoms with Crippen molar-refractivity contribution in [1.82, 2.24) is 4.90 Å². The molecule has 0 heterocycles. The van der Waals surface area contributed by atoms with Crippen molar-refractivity contribution < 1.29 is 19.7 Å². The van der Waals surface area contributed by atoms with E-state index in [-0.39, 0.29) is 18.9 Å². The third-order valence-electron chi connectivity index (χ3n) is 3.77. The molecule has 0 atom stereocenters. The topological polar surface area (TPSA) is 70.0 Å². The summed E-state index contributed by atoms with van der Waals surface area (Å²) >= 11 is 0. The Morgan fingerprint density at radius 1 is 1.04 bits per heavy atom. The highest BCUT2D eigenvalue weighted by Crippen LogP contribution is 2.21. The molecule has 140 valence electrons. The number of aliphatic hydroxyl groups excluding tert-OH is 1. The molecule has 2 N–H and O–H groups in total. The van der Waals surface area contributed by atoms with Crippen LogP contribution in [0.5, 0.6) is 5.75 Å². The molecule has 0 saturated heterocycles. The maximum absolute atomic E-state index is 12.7. The van der Waals surface area contributed by atoms with E-state index in [0.717, 1.165) is 11.1 Å². The lowest BCUT2D eigenvalue weighted by molar-refractivity contribution is 0.0215. The van der Waals surface area contributed by atoms with Gasteiger partial charge in [-0.05, 0) is 44.4 Å². The molecule has 0 spiro atoms. The molecule has 1 amide bonds. The number of ether oxygens (including phenoxy) is 1.